The fourth-order valence-electron chi connectivity index (χ4n) is 2.81. The van der Waals surface area contributed by atoms with Crippen LogP contribution in [0.1, 0.15) is 19.8 Å². The zero-order valence-electron chi connectivity index (χ0n) is 11.1. The van der Waals surface area contributed by atoms with Crippen LogP contribution in [0.25, 0.3) is 0 Å². The normalized spacial score (nSPS) is 32.7. The largest absolute Gasteiger partial charge is 0.477 e. The summed E-state index contributed by atoms with van der Waals surface area (Å²) in [7, 11) is 0. The zero-order chi connectivity index (χ0) is 14.5. The van der Waals surface area contributed by atoms with Crippen LogP contribution in [0.4, 0.5) is 0 Å². The molecular formula is C14H16N2O3S. The summed E-state index contributed by atoms with van der Waals surface area (Å²) in [5.74, 6) is -0.807. The highest BCUT2D eigenvalue weighted by atomic mass is 32.2. The Morgan fingerprint density at radius 3 is 2.90 bits per heavy atom. The number of allylic oxidation sites excluding steroid dienone is 4. The van der Waals surface area contributed by atoms with Gasteiger partial charge < -0.3 is 10.8 Å². The molecule has 1 fully saturated rings. The van der Waals surface area contributed by atoms with E-state index >= 15 is 0 Å². The number of hydrogen-bond donors (Lipinski definition) is 2. The van der Waals surface area contributed by atoms with Crippen LogP contribution in [0.15, 0.2) is 35.1 Å². The van der Waals surface area contributed by atoms with Crippen LogP contribution in [0.2, 0.25) is 0 Å². The third-order valence-electron chi connectivity index (χ3n) is 3.89. The summed E-state index contributed by atoms with van der Waals surface area (Å²) in [5.41, 5.74) is 6.72. The van der Waals surface area contributed by atoms with Crippen molar-refractivity contribution in [1.82, 2.24) is 4.90 Å². The smallest absolute Gasteiger partial charge is 0.352 e. The molecule has 1 amide bonds. The quantitative estimate of drug-likeness (QED) is 0.748. The van der Waals surface area contributed by atoms with Gasteiger partial charge in [-0.15, -0.1) is 11.8 Å². The Hall–Kier alpha value is -1.53. The second kappa shape index (κ2) is 4.49. The summed E-state index contributed by atoms with van der Waals surface area (Å²) >= 11 is 1.53. The molecule has 2 aliphatic heterocycles. The molecule has 2 atom stereocenters. The van der Waals surface area contributed by atoms with Crippen molar-refractivity contribution in [1.29, 1.82) is 0 Å². The second-order valence-corrected chi connectivity index (χ2v) is 6.46. The number of carbonyl (C=O) groups is 2. The van der Waals surface area contributed by atoms with Crippen molar-refractivity contribution < 1.29 is 14.7 Å². The number of thioether (sulfide) groups is 1. The maximum atomic E-state index is 12.1. The molecule has 3 N–H and O–H groups in total. The van der Waals surface area contributed by atoms with Gasteiger partial charge in [-0.1, -0.05) is 18.2 Å². The van der Waals surface area contributed by atoms with Gasteiger partial charge in [-0.25, -0.2) is 4.79 Å². The highest BCUT2D eigenvalue weighted by Gasteiger charge is 2.59. The molecule has 20 heavy (non-hydrogen) atoms. The van der Waals surface area contributed by atoms with E-state index in [1.807, 2.05) is 18.2 Å². The molecule has 2 heterocycles. The highest BCUT2D eigenvalue weighted by Crippen LogP contribution is 2.46. The van der Waals surface area contributed by atoms with E-state index in [-0.39, 0.29) is 17.0 Å². The van der Waals surface area contributed by atoms with Crippen molar-refractivity contribution >= 4 is 23.6 Å². The number of aliphatic carboxylic acids is 1. The van der Waals surface area contributed by atoms with E-state index in [4.69, 9.17) is 5.73 Å². The van der Waals surface area contributed by atoms with E-state index in [0.717, 1.165) is 24.0 Å². The number of rotatable bonds is 2. The van der Waals surface area contributed by atoms with Crippen LogP contribution in [-0.4, -0.2) is 38.5 Å². The van der Waals surface area contributed by atoms with Gasteiger partial charge in [-0.3, -0.25) is 9.69 Å². The highest BCUT2D eigenvalue weighted by molar-refractivity contribution is 8.00. The van der Waals surface area contributed by atoms with Crippen LogP contribution in [0.3, 0.4) is 0 Å². The average molecular weight is 292 g/mol. The first-order chi connectivity index (χ1) is 9.44. The van der Waals surface area contributed by atoms with Crippen LogP contribution >= 0.6 is 11.8 Å². The molecule has 0 aromatic rings. The van der Waals surface area contributed by atoms with Gasteiger partial charge in [0, 0.05) is 11.3 Å². The Kier molecular flexibility index (Phi) is 3.02. The fourth-order valence-corrected chi connectivity index (χ4v) is 4.23. The number of nitrogens with zero attached hydrogens (tertiary/aromatic N) is 1. The minimum atomic E-state index is -1.06. The van der Waals surface area contributed by atoms with Gasteiger partial charge in [0.05, 0.1) is 0 Å². The fraction of sp³-hybridized carbons (Fsp3) is 0.429. The van der Waals surface area contributed by atoms with E-state index in [0.29, 0.717) is 5.75 Å². The number of hydrogen-bond acceptors (Lipinski definition) is 4. The number of nitrogens with two attached hydrogens (primary N) is 1. The lowest BCUT2D eigenvalue weighted by atomic mass is 9.88. The van der Waals surface area contributed by atoms with E-state index < -0.39 is 11.5 Å². The molecule has 5 nitrogen and oxygen atoms in total. The Morgan fingerprint density at radius 2 is 2.30 bits per heavy atom. The van der Waals surface area contributed by atoms with Gasteiger partial charge in [-0.05, 0) is 25.3 Å². The summed E-state index contributed by atoms with van der Waals surface area (Å²) in [6.07, 6.45) is 7.88. The second-order valence-electron chi connectivity index (χ2n) is 5.39. The predicted molar refractivity (Wildman–Crippen MR) is 76.8 cm³/mol. The van der Waals surface area contributed by atoms with Crippen molar-refractivity contribution in [2.24, 2.45) is 5.73 Å². The van der Waals surface area contributed by atoms with Crippen LogP contribution in [0.5, 0.6) is 0 Å². The van der Waals surface area contributed by atoms with Gasteiger partial charge in [-0.2, -0.15) is 0 Å². The van der Waals surface area contributed by atoms with Crippen LogP contribution in [-0.2, 0) is 9.59 Å². The lowest BCUT2D eigenvalue weighted by Gasteiger charge is -2.54. The van der Waals surface area contributed by atoms with E-state index in [2.05, 4.69) is 0 Å². The van der Waals surface area contributed by atoms with E-state index in [1.54, 1.807) is 6.92 Å². The molecule has 3 aliphatic rings. The first-order valence-corrected chi connectivity index (χ1v) is 7.57. The van der Waals surface area contributed by atoms with Crippen molar-refractivity contribution in [3.8, 4) is 0 Å². The molecule has 0 saturated carbocycles. The maximum absolute atomic E-state index is 12.1. The molecular weight excluding hydrogens is 276 g/mol. The first kappa shape index (κ1) is 13.5. The van der Waals surface area contributed by atoms with E-state index in [9.17, 15) is 14.7 Å². The minimum absolute atomic E-state index is 0.0967. The van der Waals surface area contributed by atoms with Crippen molar-refractivity contribution in [3.05, 3.63) is 35.1 Å². The molecule has 3 rings (SSSR count). The summed E-state index contributed by atoms with van der Waals surface area (Å²) < 4.78 is 0. The SMILES string of the molecule is CC1(N)C(=O)N2C(C(=O)O)=C(C3=CCCC=C3)CS[C@H]21. The van der Waals surface area contributed by atoms with Gasteiger partial charge in [0.1, 0.15) is 16.6 Å². The number of carbonyl (C=O) groups excluding carboxylic acids is 1. The van der Waals surface area contributed by atoms with E-state index in [1.165, 1.54) is 16.7 Å². The van der Waals surface area contributed by atoms with Gasteiger partial charge >= 0.3 is 5.97 Å². The molecule has 0 bridgehead atoms. The molecule has 0 radical (unpaired) electrons. The molecule has 6 heteroatoms. The Balaban J connectivity index is 2.06. The van der Waals surface area contributed by atoms with Crippen molar-refractivity contribution in [3.63, 3.8) is 0 Å². The molecule has 0 spiro atoms. The molecule has 106 valence electrons. The predicted octanol–water partition coefficient (Wildman–Crippen LogP) is 1.23. The zero-order valence-corrected chi connectivity index (χ0v) is 11.9. The van der Waals surface area contributed by atoms with Crippen LogP contribution < -0.4 is 5.73 Å². The molecule has 1 saturated heterocycles. The standard InChI is InChI=1S/C14H16N2O3S/c1-14(15)12(19)16-10(11(17)18)9(7-20-13(14)16)8-5-3-2-4-6-8/h3,5-6,13H,2,4,7,15H2,1H3,(H,17,18)/t13-,14?/m0/s1. The molecule has 0 aromatic heterocycles. The monoisotopic (exact) mass is 292 g/mol. The number of β-lactam (4-membered cyclic amide) rings is 1. The number of carboxylic acids is 1. The number of amides is 1. The summed E-state index contributed by atoms with van der Waals surface area (Å²) in [6, 6.07) is 0. The van der Waals surface area contributed by atoms with Crippen molar-refractivity contribution in [2.75, 3.05) is 5.75 Å². The Labute approximate surface area is 121 Å². The summed E-state index contributed by atoms with van der Waals surface area (Å²) in [4.78, 5) is 25.1. The third kappa shape index (κ3) is 1.75. The summed E-state index contributed by atoms with van der Waals surface area (Å²) in [6.45, 7) is 1.66. The number of carboxylic acid groups (broad SMARTS) is 1. The maximum Gasteiger partial charge on any atom is 0.352 e. The van der Waals surface area contributed by atoms with Gasteiger partial charge in [0.15, 0.2) is 0 Å². The Morgan fingerprint density at radius 1 is 1.55 bits per heavy atom. The minimum Gasteiger partial charge on any atom is -0.477 e. The van der Waals surface area contributed by atoms with Crippen molar-refractivity contribution in [2.45, 2.75) is 30.7 Å². The summed E-state index contributed by atoms with van der Waals surface area (Å²) in [5, 5.41) is 9.22. The number of fused-ring (bicyclic) bond motifs is 1. The van der Waals surface area contributed by atoms with Crippen LogP contribution in [0, 0.1) is 0 Å². The molecule has 1 aliphatic carbocycles. The lowest BCUT2D eigenvalue weighted by molar-refractivity contribution is -0.153. The lowest BCUT2D eigenvalue weighted by Crippen LogP contribution is -2.76. The van der Waals surface area contributed by atoms with Gasteiger partial charge in [0.2, 0.25) is 0 Å². The average Bonchev–Trinajstić information content (AvgIpc) is 2.46. The molecule has 1 unspecified atom stereocenters. The first-order valence-electron chi connectivity index (χ1n) is 6.52. The topological polar surface area (TPSA) is 83.6 Å². The van der Waals surface area contributed by atoms with Gasteiger partial charge in [0.25, 0.3) is 5.91 Å². The third-order valence-corrected chi connectivity index (χ3v) is 5.36. The molecule has 0 aromatic carbocycles. The Bertz CT molecular complexity index is 589.